The number of aromatic nitrogens is 3. The number of nitrogens with zero attached hydrogens (tertiary/aromatic N) is 3. The van der Waals surface area contributed by atoms with Crippen molar-refractivity contribution in [3.63, 3.8) is 0 Å². The SMILES string of the molecule is CCc1nc(CC)nc(C(C)c2cccc3c2Cc2ccccc2-3)n1. The molecule has 0 saturated carbocycles. The summed E-state index contributed by atoms with van der Waals surface area (Å²) in [5.74, 6) is 2.85. The molecule has 0 saturated heterocycles. The Hall–Kier alpha value is -2.55. The number of fused-ring (bicyclic) bond motifs is 3. The molecule has 3 aromatic rings. The summed E-state index contributed by atoms with van der Waals surface area (Å²) >= 11 is 0. The molecule has 0 radical (unpaired) electrons. The van der Waals surface area contributed by atoms with Gasteiger partial charge in [-0.25, -0.2) is 15.0 Å². The van der Waals surface area contributed by atoms with Crippen molar-refractivity contribution in [3.8, 4) is 11.1 Å². The molecular formula is C22H23N3. The Balaban J connectivity index is 1.79. The third kappa shape index (κ3) is 2.74. The van der Waals surface area contributed by atoms with E-state index < -0.39 is 0 Å². The van der Waals surface area contributed by atoms with Gasteiger partial charge in [0.2, 0.25) is 0 Å². The molecule has 3 nitrogen and oxygen atoms in total. The van der Waals surface area contributed by atoms with Gasteiger partial charge in [0.25, 0.3) is 0 Å². The summed E-state index contributed by atoms with van der Waals surface area (Å²) in [6, 6.07) is 15.3. The zero-order chi connectivity index (χ0) is 17.4. The van der Waals surface area contributed by atoms with Crippen molar-refractivity contribution in [1.82, 2.24) is 15.0 Å². The van der Waals surface area contributed by atoms with Crippen molar-refractivity contribution >= 4 is 0 Å². The maximum Gasteiger partial charge on any atom is 0.139 e. The molecule has 4 rings (SSSR count). The summed E-state index contributed by atoms with van der Waals surface area (Å²) in [5, 5.41) is 0. The third-order valence-electron chi connectivity index (χ3n) is 5.12. The summed E-state index contributed by atoms with van der Waals surface area (Å²) in [6.45, 7) is 6.41. The molecule has 0 fully saturated rings. The molecule has 1 unspecified atom stereocenters. The van der Waals surface area contributed by atoms with Crippen LogP contribution in [0.4, 0.5) is 0 Å². The van der Waals surface area contributed by atoms with E-state index in [0.717, 1.165) is 36.7 Å². The lowest BCUT2D eigenvalue weighted by Gasteiger charge is -2.16. The molecule has 0 amide bonds. The second-order valence-electron chi connectivity index (χ2n) is 6.66. The number of rotatable bonds is 4. The average molecular weight is 329 g/mol. The van der Waals surface area contributed by atoms with Crippen molar-refractivity contribution in [2.75, 3.05) is 0 Å². The van der Waals surface area contributed by atoms with Crippen LogP contribution in [-0.4, -0.2) is 15.0 Å². The Bertz CT molecular complexity index is 908. The molecule has 2 aromatic carbocycles. The first-order chi connectivity index (χ1) is 12.2. The standard InChI is InChI=1S/C22H23N3/c1-4-20-23-21(5-2)25-22(24-20)14(3)16-11-8-12-18-17-10-7-6-9-15(17)13-19(16)18/h6-12,14H,4-5,13H2,1-3H3. The molecule has 126 valence electrons. The fourth-order valence-electron chi connectivity index (χ4n) is 3.73. The van der Waals surface area contributed by atoms with Gasteiger partial charge in [-0.05, 0) is 34.2 Å². The Morgan fingerprint density at radius 1 is 0.840 bits per heavy atom. The van der Waals surface area contributed by atoms with E-state index in [0.29, 0.717) is 0 Å². The first-order valence-corrected chi connectivity index (χ1v) is 9.15. The largest absolute Gasteiger partial charge is 0.218 e. The van der Waals surface area contributed by atoms with Crippen molar-refractivity contribution in [2.45, 2.75) is 46.0 Å². The van der Waals surface area contributed by atoms with E-state index in [1.165, 1.54) is 27.8 Å². The van der Waals surface area contributed by atoms with Crippen LogP contribution in [0, 0.1) is 0 Å². The lowest BCUT2D eigenvalue weighted by Crippen LogP contribution is -2.11. The second kappa shape index (κ2) is 6.40. The molecule has 1 aromatic heterocycles. The summed E-state index contributed by atoms with van der Waals surface area (Å²) in [6.07, 6.45) is 2.68. The van der Waals surface area contributed by atoms with Crippen LogP contribution in [0.3, 0.4) is 0 Å². The monoisotopic (exact) mass is 329 g/mol. The van der Waals surface area contributed by atoms with E-state index in [1.807, 2.05) is 0 Å². The number of benzene rings is 2. The van der Waals surface area contributed by atoms with Crippen LogP contribution in [0.2, 0.25) is 0 Å². The predicted octanol–water partition coefficient (Wildman–Crippen LogP) is 4.72. The van der Waals surface area contributed by atoms with Crippen molar-refractivity contribution in [3.05, 3.63) is 76.6 Å². The number of hydrogen-bond acceptors (Lipinski definition) is 3. The van der Waals surface area contributed by atoms with Crippen molar-refractivity contribution < 1.29 is 0 Å². The molecule has 1 atom stereocenters. The Morgan fingerprint density at radius 2 is 1.52 bits per heavy atom. The zero-order valence-electron chi connectivity index (χ0n) is 15.1. The quantitative estimate of drug-likeness (QED) is 0.544. The van der Waals surface area contributed by atoms with Crippen molar-refractivity contribution in [1.29, 1.82) is 0 Å². The molecule has 0 aliphatic heterocycles. The van der Waals surface area contributed by atoms with Gasteiger partial charge in [-0.3, -0.25) is 0 Å². The van der Waals surface area contributed by atoms with Crippen LogP contribution in [0.15, 0.2) is 42.5 Å². The summed E-state index contributed by atoms with van der Waals surface area (Å²) < 4.78 is 0. The van der Waals surface area contributed by atoms with E-state index in [9.17, 15) is 0 Å². The summed E-state index contributed by atoms with van der Waals surface area (Å²) in [4.78, 5) is 14.0. The Kier molecular flexibility index (Phi) is 4.08. The molecule has 0 bridgehead atoms. The molecule has 0 spiro atoms. The molecule has 3 heteroatoms. The minimum Gasteiger partial charge on any atom is -0.218 e. The topological polar surface area (TPSA) is 38.7 Å². The van der Waals surface area contributed by atoms with Gasteiger partial charge in [-0.2, -0.15) is 0 Å². The molecule has 25 heavy (non-hydrogen) atoms. The number of hydrogen-bond donors (Lipinski definition) is 0. The van der Waals surface area contributed by atoms with Gasteiger partial charge in [0.1, 0.15) is 17.5 Å². The van der Waals surface area contributed by atoms with Crippen molar-refractivity contribution in [2.24, 2.45) is 0 Å². The smallest absolute Gasteiger partial charge is 0.139 e. The van der Waals surface area contributed by atoms with Gasteiger partial charge in [0, 0.05) is 18.8 Å². The predicted molar refractivity (Wildman–Crippen MR) is 101 cm³/mol. The first-order valence-electron chi connectivity index (χ1n) is 9.15. The summed E-state index contributed by atoms with van der Waals surface area (Å²) in [7, 11) is 0. The van der Waals surface area contributed by atoms with E-state index in [-0.39, 0.29) is 5.92 Å². The van der Waals surface area contributed by atoms with E-state index in [1.54, 1.807) is 0 Å². The maximum atomic E-state index is 4.73. The highest BCUT2D eigenvalue weighted by Gasteiger charge is 2.24. The fourth-order valence-corrected chi connectivity index (χ4v) is 3.73. The molecule has 0 N–H and O–H groups in total. The van der Waals surface area contributed by atoms with Crippen LogP contribution < -0.4 is 0 Å². The lowest BCUT2D eigenvalue weighted by atomic mass is 9.92. The normalized spacial score (nSPS) is 13.4. The van der Waals surface area contributed by atoms with E-state index >= 15 is 0 Å². The van der Waals surface area contributed by atoms with Gasteiger partial charge in [0.15, 0.2) is 0 Å². The highest BCUT2D eigenvalue weighted by molar-refractivity contribution is 5.78. The van der Waals surface area contributed by atoms with E-state index in [2.05, 4.69) is 68.2 Å². The van der Waals surface area contributed by atoms with Crippen LogP contribution in [0.5, 0.6) is 0 Å². The van der Waals surface area contributed by atoms with Crippen LogP contribution >= 0.6 is 0 Å². The number of aryl methyl sites for hydroxylation is 2. The first kappa shape index (κ1) is 15.9. The second-order valence-corrected chi connectivity index (χ2v) is 6.66. The van der Waals surface area contributed by atoms with E-state index in [4.69, 9.17) is 9.97 Å². The highest BCUT2D eigenvalue weighted by atomic mass is 15.0. The minimum atomic E-state index is 0.169. The molecular weight excluding hydrogens is 306 g/mol. The molecule has 1 aliphatic rings. The zero-order valence-corrected chi connectivity index (χ0v) is 15.1. The fraction of sp³-hybridized carbons (Fsp3) is 0.318. The van der Waals surface area contributed by atoms with Gasteiger partial charge >= 0.3 is 0 Å². The lowest BCUT2D eigenvalue weighted by molar-refractivity contribution is 0.725. The average Bonchev–Trinajstić information content (AvgIpc) is 3.05. The minimum absolute atomic E-state index is 0.169. The van der Waals surface area contributed by atoms with Crippen LogP contribution in [0.25, 0.3) is 11.1 Å². The van der Waals surface area contributed by atoms with Gasteiger partial charge in [-0.15, -0.1) is 0 Å². The van der Waals surface area contributed by atoms with Gasteiger partial charge in [0.05, 0.1) is 0 Å². The highest BCUT2D eigenvalue weighted by Crippen LogP contribution is 2.40. The molecule has 1 aliphatic carbocycles. The van der Waals surface area contributed by atoms with Crippen LogP contribution in [-0.2, 0) is 19.3 Å². The third-order valence-corrected chi connectivity index (χ3v) is 5.12. The maximum absolute atomic E-state index is 4.73. The Morgan fingerprint density at radius 3 is 2.24 bits per heavy atom. The Labute approximate surface area is 149 Å². The summed E-state index contributed by atoms with van der Waals surface area (Å²) in [5.41, 5.74) is 6.90. The molecule has 1 heterocycles. The van der Waals surface area contributed by atoms with Crippen LogP contribution in [0.1, 0.15) is 60.9 Å². The van der Waals surface area contributed by atoms with Gasteiger partial charge < -0.3 is 0 Å². The van der Waals surface area contributed by atoms with Gasteiger partial charge in [-0.1, -0.05) is 63.2 Å².